The fraction of sp³-hybridized carbons (Fsp3) is 0.125. The van der Waals surface area contributed by atoms with Crippen LogP contribution < -0.4 is 15.5 Å². The van der Waals surface area contributed by atoms with Gasteiger partial charge in [0.2, 0.25) is 5.91 Å². The summed E-state index contributed by atoms with van der Waals surface area (Å²) in [5.41, 5.74) is 4.98. The summed E-state index contributed by atoms with van der Waals surface area (Å²) in [5, 5.41) is 6.67. The highest BCUT2D eigenvalue weighted by Crippen LogP contribution is 2.24. The highest BCUT2D eigenvalue weighted by atomic mass is 127. The number of hydrazone groups is 1. The number of methoxy groups -OCH3 is 1. The molecule has 2 N–H and O–H groups in total. The molecule has 0 bridgehead atoms. The summed E-state index contributed by atoms with van der Waals surface area (Å²) in [6, 6.07) is 24.5. The van der Waals surface area contributed by atoms with Crippen LogP contribution in [0.4, 0.5) is 0 Å². The Morgan fingerprint density at radius 3 is 2.16 bits per heavy atom. The average molecular weight is 527 g/mol. The van der Waals surface area contributed by atoms with Gasteiger partial charge in [-0.25, -0.2) is 5.43 Å². The lowest BCUT2D eigenvalue weighted by Gasteiger charge is -2.17. The van der Waals surface area contributed by atoms with Gasteiger partial charge in [0, 0.05) is 0 Å². The molecule has 2 amide bonds. The molecule has 7 heteroatoms. The van der Waals surface area contributed by atoms with Crippen molar-refractivity contribution in [3.63, 3.8) is 0 Å². The van der Waals surface area contributed by atoms with Crippen molar-refractivity contribution in [3.8, 4) is 5.75 Å². The molecule has 0 saturated carbocycles. The third-order valence-corrected chi connectivity index (χ3v) is 5.37. The second-order valence-corrected chi connectivity index (χ2v) is 7.82. The third-order valence-electron chi connectivity index (χ3n) is 4.53. The van der Waals surface area contributed by atoms with Crippen LogP contribution in [0.5, 0.6) is 5.75 Å². The van der Waals surface area contributed by atoms with Crippen LogP contribution in [0, 0.1) is 3.57 Å². The largest absolute Gasteiger partial charge is 0.496 e. The number of carbonyl (C=O) groups excluding carboxylic acids is 2. The molecule has 0 aromatic heterocycles. The quantitative estimate of drug-likeness (QED) is 0.267. The van der Waals surface area contributed by atoms with E-state index in [9.17, 15) is 9.59 Å². The van der Waals surface area contributed by atoms with Crippen molar-refractivity contribution in [1.82, 2.24) is 10.7 Å². The predicted molar refractivity (Wildman–Crippen MR) is 129 cm³/mol. The number of nitrogens with zero attached hydrogens (tertiary/aromatic N) is 1. The van der Waals surface area contributed by atoms with Crippen molar-refractivity contribution in [2.45, 2.75) is 5.92 Å². The van der Waals surface area contributed by atoms with Crippen LogP contribution in [0.1, 0.15) is 22.6 Å². The molecule has 3 aromatic carbocycles. The smallest absolute Gasteiger partial charge is 0.259 e. The Morgan fingerprint density at radius 2 is 1.61 bits per heavy atom. The Labute approximate surface area is 194 Å². The van der Waals surface area contributed by atoms with E-state index in [1.54, 1.807) is 7.11 Å². The molecule has 0 aliphatic carbocycles. The molecule has 0 heterocycles. The van der Waals surface area contributed by atoms with Gasteiger partial charge in [-0.1, -0.05) is 60.7 Å². The van der Waals surface area contributed by atoms with Gasteiger partial charge < -0.3 is 10.1 Å². The molecule has 0 radical (unpaired) electrons. The topological polar surface area (TPSA) is 79.8 Å². The summed E-state index contributed by atoms with van der Waals surface area (Å²) in [4.78, 5) is 25.0. The molecule has 0 unspecified atom stereocenters. The predicted octanol–water partition coefficient (Wildman–Crippen LogP) is 3.70. The van der Waals surface area contributed by atoms with Gasteiger partial charge in [0.1, 0.15) is 5.75 Å². The summed E-state index contributed by atoms with van der Waals surface area (Å²) >= 11 is 2.17. The van der Waals surface area contributed by atoms with E-state index < -0.39 is 11.8 Å². The van der Waals surface area contributed by atoms with E-state index in [-0.39, 0.29) is 12.5 Å². The van der Waals surface area contributed by atoms with Gasteiger partial charge >= 0.3 is 0 Å². The molecule has 158 valence electrons. The summed E-state index contributed by atoms with van der Waals surface area (Å²) < 4.78 is 6.16. The zero-order valence-electron chi connectivity index (χ0n) is 16.9. The van der Waals surface area contributed by atoms with Crippen molar-refractivity contribution < 1.29 is 14.3 Å². The number of hydrogen-bond donors (Lipinski definition) is 2. The molecule has 0 aliphatic rings. The van der Waals surface area contributed by atoms with Crippen LogP contribution in [0.25, 0.3) is 0 Å². The second-order valence-electron chi connectivity index (χ2n) is 6.66. The van der Waals surface area contributed by atoms with E-state index >= 15 is 0 Å². The van der Waals surface area contributed by atoms with Crippen LogP contribution in [0.2, 0.25) is 0 Å². The first-order chi connectivity index (χ1) is 15.1. The minimum Gasteiger partial charge on any atom is -0.496 e. The summed E-state index contributed by atoms with van der Waals surface area (Å²) in [5.74, 6) is -0.384. The molecule has 0 aliphatic heterocycles. The van der Waals surface area contributed by atoms with Crippen LogP contribution in [0.15, 0.2) is 84.0 Å². The van der Waals surface area contributed by atoms with Crippen molar-refractivity contribution >= 4 is 40.6 Å². The lowest BCUT2D eigenvalue weighted by molar-refractivity contribution is -0.126. The zero-order chi connectivity index (χ0) is 22.1. The number of benzene rings is 3. The van der Waals surface area contributed by atoms with E-state index in [1.165, 1.54) is 6.21 Å². The van der Waals surface area contributed by atoms with Gasteiger partial charge in [-0.15, -0.1) is 0 Å². The molecular weight excluding hydrogens is 505 g/mol. The summed E-state index contributed by atoms with van der Waals surface area (Å²) in [7, 11) is 1.61. The monoisotopic (exact) mass is 527 g/mol. The van der Waals surface area contributed by atoms with Gasteiger partial charge in [0.05, 0.1) is 29.4 Å². The van der Waals surface area contributed by atoms with E-state index in [1.807, 2.05) is 78.9 Å². The first-order valence-electron chi connectivity index (χ1n) is 9.61. The van der Waals surface area contributed by atoms with Crippen molar-refractivity contribution in [3.05, 3.63) is 99.1 Å². The molecule has 0 saturated heterocycles. The van der Waals surface area contributed by atoms with Crippen molar-refractivity contribution in [2.24, 2.45) is 5.10 Å². The number of rotatable bonds is 8. The van der Waals surface area contributed by atoms with E-state index in [0.29, 0.717) is 0 Å². The molecule has 6 nitrogen and oxygen atoms in total. The number of halogens is 1. The van der Waals surface area contributed by atoms with Gasteiger partial charge in [0.25, 0.3) is 5.91 Å². The Hall–Kier alpha value is -3.20. The van der Waals surface area contributed by atoms with Gasteiger partial charge in [-0.2, -0.15) is 5.10 Å². The summed E-state index contributed by atoms with van der Waals surface area (Å²) in [6.07, 6.45) is 1.54. The molecule has 31 heavy (non-hydrogen) atoms. The standard InChI is InChI=1S/C24H22IN3O3/c1-31-21-13-12-17(14-20(21)25)15-27-28-22(29)16-26-24(30)23(18-8-4-2-5-9-18)19-10-6-3-7-11-19/h2-15,23H,16H2,1H3,(H,26,30)(H,28,29)/b27-15-. The normalized spacial score (nSPS) is 10.8. The molecule has 3 rings (SSSR count). The van der Waals surface area contributed by atoms with E-state index in [4.69, 9.17) is 4.74 Å². The van der Waals surface area contributed by atoms with Crippen molar-refractivity contribution in [1.29, 1.82) is 0 Å². The lowest BCUT2D eigenvalue weighted by Crippen LogP contribution is -2.37. The summed E-state index contributed by atoms with van der Waals surface area (Å²) in [6.45, 7) is -0.174. The molecule has 0 spiro atoms. The average Bonchev–Trinajstić information content (AvgIpc) is 2.79. The minimum absolute atomic E-state index is 0.174. The first-order valence-corrected chi connectivity index (χ1v) is 10.7. The van der Waals surface area contributed by atoms with Crippen LogP contribution in [0.3, 0.4) is 0 Å². The fourth-order valence-corrected chi connectivity index (χ4v) is 3.80. The number of hydrogen-bond acceptors (Lipinski definition) is 4. The highest BCUT2D eigenvalue weighted by molar-refractivity contribution is 14.1. The maximum atomic E-state index is 12.9. The highest BCUT2D eigenvalue weighted by Gasteiger charge is 2.22. The number of amides is 2. The van der Waals surface area contributed by atoms with Crippen LogP contribution >= 0.6 is 22.6 Å². The minimum atomic E-state index is -0.500. The molecule has 3 aromatic rings. The zero-order valence-corrected chi connectivity index (χ0v) is 19.1. The molecular formula is C24H22IN3O3. The molecule has 0 fully saturated rings. The SMILES string of the molecule is COc1ccc(/C=N\NC(=O)CNC(=O)C(c2ccccc2)c2ccccc2)cc1I. The maximum absolute atomic E-state index is 12.9. The molecule has 0 atom stereocenters. The second kappa shape index (κ2) is 11.3. The van der Waals surface area contributed by atoms with E-state index in [2.05, 4.69) is 38.4 Å². The lowest BCUT2D eigenvalue weighted by atomic mass is 9.90. The Bertz CT molecular complexity index is 1020. The number of ether oxygens (including phenoxy) is 1. The number of nitrogens with one attached hydrogen (secondary N) is 2. The Morgan fingerprint density at radius 1 is 1.00 bits per heavy atom. The van der Waals surface area contributed by atoms with Crippen molar-refractivity contribution in [2.75, 3.05) is 13.7 Å². The number of carbonyl (C=O) groups is 2. The van der Waals surface area contributed by atoms with Gasteiger partial charge in [0.15, 0.2) is 0 Å². The van der Waals surface area contributed by atoms with E-state index in [0.717, 1.165) is 26.0 Å². The van der Waals surface area contributed by atoms with Crippen LogP contribution in [-0.2, 0) is 9.59 Å². The first kappa shape index (κ1) is 22.5. The van der Waals surface area contributed by atoms with Gasteiger partial charge in [-0.05, 0) is 57.5 Å². The van der Waals surface area contributed by atoms with Crippen LogP contribution in [-0.4, -0.2) is 31.7 Å². The van der Waals surface area contributed by atoms with Gasteiger partial charge in [-0.3, -0.25) is 9.59 Å². The third kappa shape index (κ3) is 6.39. The maximum Gasteiger partial charge on any atom is 0.259 e. The Balaban J connectivity index is 1.59. The fourth-order valence-electron chi connectivity index (χ4n) is 3.04. The Kier molecular flexibility index (Phi) is 8.17.